The number of benzene rings is 1. The number of fused-ring (bicyclic) bond motifs is 1. The van der Waals surface area contributed by atoms with Crippen LogP contribution < -0.4 is 5.32 Å². The fraction of sp³-hybridized carbons (Fsp3) is 0.526. The number of rotatable bonds is 4. The number of nitrogens with zero attached hydrogens (tertiary/aromatic N) is 3. The number of aromatic nitrogens is 2. The van der Waals surface area contributed by atoms with Crippen LogP contribution in [0.15, 0.2) is 18.2 Å². The maximum absolute atomic E-state index is 12.7. The molecule has 2 fully saturated rings. The van der Waals surface area contributed by atoms with Crippen LogP contribution in [0.4, 0.5) is 5.95 Å². The maximum atomic E-state index is 12.7. The van der Waals surface area contributed by atoms with Crippen molar-refractivity contribution in [1.29, 1.82) is 5.26 Å². The standard InChI is InChI=1S/C19H22N4O2/c1-12(19(25)8-3-9-19)17(24)22-18-21-15-7-6-13(11-20)10-16(15)23(18)14-4-2-5-14/h6-7,10,12,14,25H,2-5,8-9H2,1H3,(H,21,22,24). The van der Waals surface area contributed by atoms with Crippen LogP contribution in [0.5, 0.6) is 0 Å². The highest BCUT2D eigenvalue weighted by Gasteiger charge is 2.43. The molecule has 0 saturated heterocycles. The van der Waals surface area contributed by atoms with Gasteiger partial charge in [0.1, 0.15) is 0 Å². The molecule has 130 valence electrons. The molecule has 1 amide bonds. The lowest BCUT2D eigenvalue weighted by Crippen LogP contribution is -2.48. The molecule has 1 heterocycles. The Bertz CT molecular complexity index is 871. The van der Waals surface area contributed by atoms with Crippen LogP contribution in [0.3, 0.4) is 0 Å². The minimum absolute atomic E-state index is 0.196. The Morgan fingerprint density at radius 1 is 1.44 bits per heavy atom. The first-order chi connectivity index (χ1) is 12.0. The molecule has 1 aromatic heterocycles. The molecule has 6 nitrogen and oxygen atoms in total. The molecule has 0 spiro atoms. The Balaban J connectivity index is 1.68. The molecular formula is C19H22N4O2. The third-order valence-electron chi connectivity index (χ3n) is 5.91. The van der Waals surface area contributed by atoms with Crippen molar-refractivity contribution in [3.8, 4) is 6.07 Å². The molecule has 2 aliphatic rings. The zero-order valence-electron chi connectivity index (χ0n) is 14.3. The van der Waals surface area contributed by atoms with E-state index in [4.69, 9.17) is 5.26 Å². The van der Waals surface area contributed by atoms with Gasteiger partial charge in [-0.3, -0.25) is 10.1 Å². The fourth-order valence-corrected chi connectivity index (χ4v) is 3.70. The Morgan fingerprint density at radius 3 is 2.76 bits per heavy atom. The molecule has 0 bridgehead atoms. The molecule has 25 heavy (non-hydrogen) atoms. The lowest BCUT2D eigenvalue weighted by molar-refractivity contribution is -0.136. The van der Waals surface area contributed by atoms with Crippen LogP contribution in [0.1, 0.15) is 57.1 Å². The van der Waals surface area contributed by atoms with Crippen LogP contribution in [-0.2, 0) is 4.79 Å². The molecule has 2 saturated carbocycles. The van der Waals surface area contributed by atoms with E-state index in [-0.39, 0.29) is 5.91 Å². The van der Waals surface area contributed by atoms with E-state index < -0.39 is 11.5 Å². The second kappa shape index (κ2) is 5.85. The van der Waals surface area contributed by atoms with Gasteiger partial charge in [0.05, 0.1) is 34.2 Å². The Labute approximate surface area is 146 Å². The lowest BCUT2D eigenvalue weighted by atomic mass is 9.71. The van der Waals surface area contributed by atoms with Gasteiger partial charge in [0.25, 0.3) is 0 Å². The van der Waals surface area contributed by atoms with Gasteiger partial charge in [-0.2, -0.15) is 5.26 Å². The van der Waals surface area contributed by atoms with Gasteiger partial charge in [-0.15, -0.1) is 0 Å². The first-order valence-electron chi connectivity index (χ1n) is 8.97. The highest BCUT2D eigenvalue weighted by molar-refractivity contribution is 5.94. The first-order valence-corrected chi connectivity index (χ1v) is 8.97. The molecule has 0 aliphatic heterocycles. The van der Waals surface area contributed by atoms with E-state index >= 15 is 0 Å². The van der Waals surface area contributed by atoms with Gasteiger partial charge in [-0.1, -0.05) is 6.92 Å². The lowest BCUT2D eigenvalue weighted by Gasteiger charge is -2.40. The summed E-state index contributed by atoms with van der Waals surface area (Å²) in [5.74, 6) is -0.140. The zero-order valence-corrected chi connectivity index (χ0v) is 14.3. The highest BCUT2D eigenvalue weighted by Crippen LogP contribution is 2.40. The van der Waals surface area contributed by atoms with Crippen LogP contribution in [-0.4, -0.2) is 26.2 Å². The molecular weight excluding hydrogens is 316 g/mol. The molecule has 1 atom stereocenters. The minimum atomic E-state index is -0.884. The van der Waals surface area contributed by atoms with Crippen LogP contribution in [0.25, 0.3) is 11.0 Å². The van der Waals surface area contributed by atoms with Crippen molar-refractivity contribution in [3.63, 3.8) is 0 Å². The van der Waals surface area contributed by atoms with Crippen molar-refractivity contribution in [3.05, 3.63) is 23.8 Å². The normalized spacial score (nSPS) is 20.4. The van der Waals surface area contributed by atoms with Gasteiger partial charge in [-0.25, -0.2) is 4.98 Å². The van der Waals surface area contributed by atoms with E-state index in [1.807, 2.05) is 12.1 Å². The highest BCUT2D eigenvalue weighted by atomic mass is 16.3. The van der Waals surface area contributed by atoms with Gasteiger partial charge < -0.3 is 9.67 Å². The van der Waals surface area contributed by atoms with E-state index in [9.17, 15) is 9.90 Å². The van der Waals surface area contributed by atoms with Crippen molar-refractivity contribution in [2.24, 2.45) is 5.92 Å². The number of nitriles is 1. The second-order valence-electron chi connectivity index (χ2n) is 7.37. The number of amides is 1. The van der Waals surface area contributed by atoms with E-state index in [1.165, 1.54) is 0 Å². The monoisotopic (exact) mass is 338 g/mol. The fourth-order valence-electron chi connectivity index (χ4n) is 3.70. The number of carbonyl (C=O) groups is 1. The molecule has 2 aliphatic carbocycles. The predicted molar refractivity (Wildman–Crippen MR) is 93.9 cm³/mol. The summed E-state index contributed by atoms with van der Waals surface area (Å²) < 4.78 is 2.05. The van der Waals surface area contributed by atoms with Gasteiger partial charge in [0.15, 0.2) is 0 Å². The summed E-state index contributed by atoms with van der Waals surface area (Å²) in [5, 5.41) is 22.5. The SMILES string of the molecule is CC(C(=O)Nc1nc2ccc(C#N)cc2n1C1CCC1)C1(O)CCC1. The third-order valence-corrected chi connectivity index (χ3v) is 5.91. The number of hydrogen-bond donors (Lipinski definition) is 2. The molecule has 6 heteroatoms. The average molecular weight is 338 g/mol. The van der Waals surface area contributed by atoms with E-state index in [0.717, 1.165) is 36.7 Å². The summed E-state index contributed by atoms with van der Waals surface area (Å²) in [6.07, 6.45) is 5.56. The van der Waals surface area contributed by atoms with E-state index in [2.05, 4.69) is 20.9 Å². The van der Waals surface area contributed by atoms with Crippen molar-refractivity contribution < 1.29 is 9.90 Å². The van der Waals surface area contributed by atoms with Crippen molar-refractivity contribution >= 4 is 22.9 Å². The topological polar surface area (TPSA) is 90.9 Å². The number of hydrogen-bond acceptors (Lipinski definition) is 4. The van der Waals surface area contributed by atoms with E-state index in [1.54, 1.807) is 13.0 Å². The van der Waals surface area contributed by atoms with Crippen LogP contribution in [0.2, 0.25) is 0 Å². The molecule has 1 aromatic carbocycles. The minimum Gasteiger partial charge on any atom is -0.389 e. The second-order valence-corrected chi connectivity index (χ2v) is 7.37. The Morgan fingerprint density at radius 2 is 2.20 bits per heavy atom. The summed E-state index contributed by atoms with van der Waals surface area (Å²) in [6, 6.07) is 7.86. The van der Waals surface area contributed by atoms with Gasteiger partial charge in [0.2, 0.25) is 11.9 Å². The Hall–Kier alpha value is -2.39. The van der Waals surface area contributed by atoms with Crippen LogP contribution >= 0.6 is 0 Å². The van der Waals surface area contributed by atoms with E-state index in [0.29, 0.717) is 30.4 Å². The smallest absolute Gasteiger partial charge is 0.232 e. The summed E-state index contributed by atoms with van der Waals surface area (Å²) >= 11 is 0. The number of imidazole rings is 1. The predicted octanol–water partition coefficient (Wildman–Crippen LogP) is 3.12. The van der Waals surface area contributed by atoms with Crippen molar-refractivity contribution in [1.82, 2.24) is 9.55 Å². The number of carbonyl (C=O) groups excluding carboxylic acids is 1. The zero-order chi connectivity index (χ0) is 17.6. The number of nitrogens with one attached hydrogen (secondary N) is 1. The Kier molecular flexibility index (Phi) is 3.77. The number of aliphatic hydroxyl groups is 1. The number of anilines is 1. The van der Waals surface area contributed by atoms with Gasteiger partial charge in [0, 0.05) is 6.04 Å². The molecule has 2 N–H and O–H groups in total. The quantitative estimate of drug-likeness (QED) is 0.896. The van der Waals surface area contributed by atoms with Crippen molar-refractivity contribution in [2.45, 2.75) is 57.1 Å². The first kappa shape index (κ1) is 16.1. The largest absolute Gasteiger partial charge is 0.389 e. The molecule has 2 aromatic rings. The maximum Gasteiger partial charge on any atom is 0.232 e. The van der Waals surface area contributed by atoms with Crippen LogP contribution in [0, 0.1) is 17.2 Å². The summed E-state index contributed by atoms with van der Waals surface area (Å²) in [5.41, 5.74) is 1.36. The van der Waals surface area contributed by atoms with Crippen molar-refractivity contribution in [2.75, 3.05) is 5.32 Å². The average Bonchev–Trinajstić information content (AvgIpc) is 2.87. The van der Waals surface area contributed by atoms with Gasteiger partial charge in [-0.05, 0) is 56.7 Å². The molecule has 0 radical (unpaired) electrons. The summed E-state index contributed by atoms with van der Waals surface area (Å²) in [7, 11) is 0. The molecule has 1 unspecified atom stereocenters. The molecule has 4 rings (SSSR count). The third kappa shape index (κ3) is 2.59. The summed E-state index contributed by atoms with van der Waals surface area (Å²) in [6.45, 7) is 1.78. The summed E-state index contributed by atoms with van der Waals surface area (Å²) in [4.78, 5) is 17.2. The van der Waals surface area contributed by atoms with Gasteiger partial charge >= 0.3 is 0 Å².